The van der Waals surface area contributed by atoms with Gasteiger partial charge in [0.05, 0.1) is 28.6 Å². The largest absolute Gasteiger partial charge is 0.491 e. The van der Waals surface area contributed by atoms with E-state index in [0.29, 0.717) is 35.3 Å². The highest BCUT2D eigenvalue weighted by atomic mass is 35.5. The highest BCUT2D eigenvalue weighted by Gasteiger charge is 2.36. The number of benzene rings is 1. The zero-order chi connectivity index (χ0) is 25.7. The maximum atomic E-state index is 6.68. The first kappa shape index (κ1) is 24.6. The van der Waals surface area contributed by atoms with Gasteiger partial charge in [0.2, 0.25) is 0 Å². The van der Waals surface area contributed by atoms with Crippen molar-refractivity contribution < 1.29 is 14.0 Å². The van der Waals surface area contributed by atoms with Crippen LogP contribution >= 0.6 is 11.6 Å². The van der Waals surface area contributed by atoms with Gasteiger partial charge in [-0.05, 0) is 71.6 Å². The van der Waals surface area contributed by atoms with Gasteiger partial charge >= 0.3 is 0 Å². The standard InChI is InChI=1S/C28H34ClN5O3/c1-15-11-19(9-10-34(15)20-5-6-20)30-27-16(2)26(25-17(3)33-37-18(25)4)31-28(32-27)23-12-21(7-8-24(23)29)35-13-22-14-36-22/h7-8,12,15,19-20,22H,5-6,9-11,13-14H2,1-4H3,(H,30,31,32)/t15-,19-,22-/m0/s1. The molecule has 2 saturated heterocycles. The van der Waals surface area contributed by atoms with Crippen LogP contribution in [0.15, 0.2) is 22.7 Å². The van der Waals surface area contributed by atoms with Crippen LogP contribution in [0.25, 0.3) is 22.6 Å². The van der Waals surface area contributed by atoms with Crippen LogP contribution in [-0.4, -0.2) is 64.0 Å². The van der Waals surface area contributed by atoms with Crippen molar-refractivity contribution in [3.05, 3.63) is 40.2 Å². The van der Waals surface area contributed by atoms with Gasteiger partial charge in [-0.25, -0.2) is 9.97 Å². The first-order valence-electron chi connectivity index (χ1n) is 13.3. The Morgan fingerprint density at radius 3 is 2.65 bits per heavy atom. The highest BCUT2D eigenvalue weighted by molar-refractivity contribution is 6.33. The molecule has 3 aliphatic rings. The molecule has 0 spiro atoms. The van der Waals surface area contributed by atoms with Crippen LogP contribution in [0.1, 0.15) is 49.6 Å². The SMILES string of the molecule is Cc1noc(C)c1-c1nc(-c2cc(OC[C@H]3CO3)ccc2Cl)nc(N[C@H]2CCN(C3CC3)[C@@H](C)C2)c1C. The predicted octanol–water partition coefficient (Wildman–Crippen LogP) is 5.58. The normalized spacial score (nSPS) is 23.8. The summed E-state index contributed by atoms with van der Waals surface area (Å²) in [6, 6.07) is 7.30. The zero-order valence-corrected chi connectivity index (χ0v) is 22.6. The Kier molecular flexibility index (Phi) is 6.59. The fourth-order valence-electron chi connectivity index (χ4n) is 5.42. The Morgan fingerprint density at radius 1 is 1.16 bits per heavy atom. The molecule has 2 aliphatic heterocycles. The molecule has 0 unspecified atom stereocenters. The summed E-state index contributed by atoms with van der Waals surface area (Å²) in [7, 11) is 0. The van der Waals surface area contributed by atoms with E-state index in [0.717, 1.165) is 71.7 Å². The lowest BCUT2D eigenvalue weighted by Gasteiger charge is -2.38. The summed E-state index contributed by atoms with van der Waals surface area (Å²) in [4.78, 5) is 12.7. The van der Waals surface area contributed by atoms with E-state index in [4.69, 9.17) is 35.6 Å². The van der Waals surface area contributed by atoms with Gasteiger partial charge in [-0.2, -0.15) is 0 Å². The van der Waals surface area contributed by atoms with Crippen LogP contribution < -0.4 is 10.1 Å². The molecule has 1 N–H and O–H groups in total. The Bertz CT molecular complexity index is 1280. The minimum atomic E-state index is 0.172. The molecule has 4 heterocycles. The third-order valence-electron chi connectivity index (χ3n) is 7.72. The molecule has 9 heteroatoms. The summed E-state index contributed by atoms with van der Waals surface area (Å²) in [5.41, 5.74) is 4.21. The number of hydrogen-bond acceptors (Lipinski definition) is 8. The summed E-state index contributed by atoms with van der Waals surface area (Å²) in [5.74, 6) is 2.82. The van der Waals surface area contributed by atoms with Gasteiger partial charge in [-0.1, -0.05) is 16.8 Å². The van der Waals surface area contributed by atoms with Crippen molar-refractivity contribution in [3.8, 4) is 28.4 Å². The number of likely N-dealkylation sites (tertiary alicyclic amines) is 1. The van der Waals surface area contributed by atoms with Crippen molar-refractivity contribution >= 4 is 17.4 Å². The predicted molar refractivity (Wildman–Crippen MR) is 143 cm³/mol. The van der Waals surface area contributed by atoms with Gasteiger partial charge in [-0.15, -0.1) is 0 Å². The maximum absolute atomic E-state index is 6.68. The van der Waals surface area contributed by atoms with Gasteiger partial charge in [0.15, 0.2) is 5.82 Å². The third kappa shape index (κ3) is 5.19. The molecule has 3 aromatic rings. The van der Waals surface area contributed by atoms with Crippen molar-refractivity contribution in [1.29, 1.82) is 0 Å². The van der Waals surface area contributed by atoms with E-state index >= 15 is 0 Å². The maximum Gasteiger partial charge on any atom is 0.163 e. The van der Waals surface area contributed by atoms with E-state index in [-0.39, 0.29) is 6.10 Å². The summed E-state index contributed by atoms with van der Waals surface area (Å²) in [6.45, 7) is 10.6. The Labute approximate surface area is 222 Å². The van der Waals surface area contributed by atoms with E-state index < -0.39 is 0 Å². The number of epoxide rings is 1. The first-order chi connectivity index (χ1) is 17.9. The van der Waals surface area contributed by atoms with E-state index in [1.165, 1.54) is 12.8 Å². The van der Waals surface area contributed by atoms with E-state index in [9.17, 15) is 0 Å². The molecule has 1 saturated carbocycles. The zero-order valence-electron chi connectivity index (χ0n) is 21.9. The smallest absolute Gasteiger partial charge is 0.163 e. The van der Waals surface area contributed by atoms with Gasteiger partial charge < -0.3 is 19.3 Å². The monoisotopic (exact) mass is 523 g/mol. The number of aromatic nitrogens is 3. The first-order valence-corrected chi connectivity index (χ1v) is 13.6. The molecule has 6 rings (SSSR count). The second-order valence-corrected chi connectivity index (χ2v) is 11.1. The average molecular weight is 524 g/mol. The summed E-state index contributed by atoms with van der Waals surface area (Å²) >= 11 is 6.68. The fourth-order valence-corrected chi connectivity index (χ4v) is 5.63. The molecule has 196 valence electrons. The molecule has 3 fully saturated rings. The molecule has 0 radical (unpaired) electrons. The van der Waals surface area contributed by atoms with Crippen LogP contribution in [0, 0.1) is 20.8 Å². The molecule has 0 amide bonds. The minimum Gasteiger partial charge on any atom is -0.491 e. The van der Waals surface area contributed by atoms with Crippen molar-refractivity contribution in [3.63, 3.8) is 0 Å². The Balaban J connectivity index is 1.36. The number of nitrogens with zero attached hydrogens (tertiary/aromatic N) is 4. The number of anilines is 1. The molecule has 1 aliphatic carbocycles. The molecule has 2 aromatic heterocycles. The van der Waals surface area contributed by atoms with E-state index in [1.807, 2.05) is 32.0 Å². The van der Waals surface area contributed by atoms with E-state index in [2.05, 4.69) is 29.2 Å². The molecule has 1 aromatic carbocycles. The molecular weight excluding hydrogens is 490 g/mol. The lowest BCUT2D eigenvalue weighted by atomic mass is 9.97. The Hall–Kier alpha value is -2.68. The number of piperidine rings is 1. The van der Waals surface area contributed by atoms with Crippen molar-refractivity contribution in [2.45, 2.75) is 77.6 Å². The molecule has 8 nitrogen and oxygen atoms in total. The van der Waals surface area contributed by atoms with Gasteiger partial charge in [0, 0.05) is 35.8 Å². The number of ether oxygens (including phenoxy) is 2. The number of hydrogen-bond donors (Lipinski definition) is 1. The number of nitrogens with one attached hydrogen (secondary N) is 1. The average Bonchev–Trinajstić information content (AvgIpc) is 3.80. The second-order valence-electron chi connectivity index (χ2n) is 10.7. The summed E-state index contributed by atoms with van der Waals surface area (Å²) in [6.07, 6.45) is 5.03. The molecule has 37 heavy (non-hydrogen) atoms. The lowest BCUT2D eigenvalue weighted by molar-refractivity contribution is 0.144. The lowest BCUT2D eigenvalue weighted by Crippen LogP contribution is -2.46. The van der Waals surface area contributed by atoms with Crippen molar-refractivity contribution in [2.75, 3.05) is 25.1 Å². The molecule has 0 bridgehead atoms. The van der Waals surface area contributed by atoms with Gasteiger partial charge in [0.25, 0.3) is 0 Å². The number of halogens is 1. The second kappa shape index (κ2) is 9.89. The fraction of sp³-hybridized carbons (Fsp3) is 0.536. The third-order valence-corrected chi connectivity index (χ3v) is 8.05. The van der Waals surface area contributed by atoms with Crippen molar-refractivity contribution in [2.24, 2.45) is 0 Å². The highest BCUT2D eigenvalue weighted by Crippen LogP contribution is 2.38. The number of aryl methyl sites for hydroxylation is 2. The van der Waals surface area contributed by atoms with Crippen LogP contribution in [0.3, 0.4) is 0 Å². The van der Waals surface area contributed by atoms with E-state index in [1.54, 1.807) is 0 Å². The van der Waals surface area contributed by atoms with Crippen LogP contribution in [0.5, 0.6) is 5.75 Å². The van der Waals surface area contributed by atoms with Gasteiger partial charge in [0.1, 0.15) is 30.0 Å². The van der Waals surface area contributed by atoms with Crippen LogP contribution in [0.4, 0.5) is 5.82 Å². The van der Waals surface area contributed by atoms with Gasteiger partial charge in [-0.3, -0.25) is 4.90 Å². The quantitative estimate of drug-likeness (QED) is 0.383. The number of rotatable bonds is 8. The molecular formula is C28H34ClN5O3. The van der Waals surface area contributed by atoms with Crippen LogP contribution in [0.2, 0.25) is 5.02 Å². The van der Waals surface area contributed by atoms with Crippen molar-refractivity contribution in [1.82, 2.24) is 20.0 Å². The van der Waals surface area contributed by atoms with Crippen LogP contribution in [-0.2, 0) is 4.74 Å². The summed E-state index contributed by atoms with van der Waals surface area (Å²) in [5, 5.41) is 8.53. The summed E-state index contributed by atoms with van der Waals surface area (Å²) < 4.78 is 16.7. The minimum absolute atomic E-state index is 0.172. The Morgan fingerprint density at radius 2 is 1.97 bits per heavy atom. The molecule has 3 atom stereocenters. The topological polar surface area (TPSA) is 88.8 Å².